The van der Waals surface area contributed by atoms with Gasteiger partial charge >= 0.3 is 5.76 Å². The summed E-state index contributed by atoms with van der Waals surface area (Å²) < 4.78 is 47.5. The molecule has 1 heterocycles. The van der Waals surface area contributed by atoms with Crippen LogP contribution in [0.1, 0.15) is 23.7 Å². The first kappa shape index (κ1) is 19.8. The normalized spacial score (nSPS) is 21.6. The summed E-state index contributed by atoms with van der Waals surface area (Å²) in [5, 5.41) is 6.11. The zero-order valence-corrected chi connectivity index (χ0v) is 14.1. The first-order valence-electron chi connectivity index (χ1n) is 6.96. The van der Waals surface area contributed by atoms with Crippen LogP contribution < -0.4 is 10.6 Å². The number of benzene rings is 1. The Bertz CT molecular complexity index is 638. The number of carbonyl (C=O) groups is 1. The zero-order valence-electron chi connectivity index (χ0n) is 12.5. The maximum Gasteiger partial charge on any atom is 0.341 e. The standard InChI is InChI=1S/C14H18F2N2O3S.ClH/c1-9-8-17-7-6-12(9)18-13(19)10-2-4-11(5-3-10)22(20,21)14(15)16;/h2-5,9,12,14,17H,6-8H2,1H3,(H,18,19);1H. The number of carbonyl (C=O) groups excluding carboxylic acids is 1. The number of hydrogen-bond donors (Lipinski definition) is 2. The molecule has 130 valence electrons. The minimum absolute atomic E-state index is 0. The van der Waals surface area contributed by atoms with Crippen LogP contribution in [0.5, 0.6) is 0 Å². The van der Waals surface area contributed by atoms with E-state index in [0.29, 0.717) is 0 Å². The van der Waals surface area contributed by atoms with Gasteiger partial charge in [-0.25, -0.2) is 8.42 Å². The summed E-state index contributed by atoms with van der Waals surface area (Å²) in [4.78, 5) is 11.6. The molecule has 1 saturated heterocycles. The largest absolute Gasteiger partial charge is 0.349 e. The molecule has 1 aliphatic rings. The number of hydrogen-bond acceptors (Lipinski definition) is 4. The van der Waals surface area contributed by atoms with Gasteiger partial charge in [0.25, 0.3) is 5.91 Å². The summed E-state index contributed by atoms with van der Waals surface area (Å²) in [5.74, 6) is -3.52. The maximum atomic E-state index is 12.4. The molecule has 2 N–H and O–H groups in total. The second-order valence-electron chi connectivity index (χ2n) is 5.38. The highest BCUT2D eigenvalue weighted by atomic mass is 35.5. The molecule has 0 aromatic heterocycles. The van der Waals surface area contributed by atoms with Gasteiger partial charge in [-0.1, -0.05) is 6.92 Å². The van der Waals surface area contributed by atoms with Crippen LogP contribution in [-0.2, 0) is 9.84 Å². The molecular formula is C14H19ClF2N2O3S. The van der Waals surface area contributed by atoms with E-state index < -0.39 is 20.5 Å². The van der Waals surface area contributed by atoms with Crippen molar-refractivity contribution < 1.29 is 22.0 Å². The second kappa shape index (κ2) is 8.03. The molecule has 1 aromatic rings. The van der Waals surface area contributed by atoms with Crippen LogP contribution in [0.15, 0.2) is 29.2 Å². The number of amides is 1. The molecule has 0 bridgehead atoms. The minimum atomic E-state index is -4.63. The molecule has 0 saturated carbocycles. The molecule has 0 aliphatic carbocycles. The van der Waals surface area contributed by atoms with Gasteiger partial charge in [-0.3, -0.25) is 4.79 Å². The Balaban J connectivity index is 0.00000264. The topological polar surface area (TPSA) is 75.3 Å². The molecular weight excluding hydrogens is 350 g/mol. The number of alkyl halides is 2. The van der Waals surface area contributed by atoms with Crippen molar-refractivity contribution in [3.05, 3.63) is 29.8 Å². The fourth-order valence-electron chi connectivity index (χ4n) is 2.38. The lowest BCUT2D eigenvalue weighted by Crippen LogP contribution is -2.48. The molecule has 2 rings (SSSR count). The summed E-state index contributed by atoms with van der Waals surface area (Å²) in [6, 6.07) is 4.59. The average molecular weight is 369 g/mol. The summed E-state index contributed by atoms with van der Waals surface area (Å²) in [6.07, 6.45) is 0.810. The van der Waals surface area contributed by atoms with E-state index in [1.807, 2.05) is 6.92 Å². The van der Waals surface area contributed by atoms with Crippen LogP contribution in [0.4, 0.5) is 8.78 Å². The molecule has 0 spiro atoms. The van der Waals surface area contributed by atoms with E-state index in [-0.39, 0.29) is 35.8 Å². The third-order valence-corrected chi connectivity index (χ3v) is 5.18. The molecule has 2 atom stereocenters. The summed E-state index contributed by atoms with van der Waals surface area (Å²) in [7, 11) is -4.63. The van der Waals surface area contributed by atoms with Gasteiger partial charge in [0, 0.05) is 11.6 Å². The van der Waals surface area contributed by atoms with Crippen molar-refractivity contribution in [1.82, 2.24) is 10.6 Å². The van der Waals surface area contributed by atoms with E-state index in [1.165, 1.54) is 12.1 Å². The fourth-order valence-corrected chi connectivity index (χ4v) is 3.10. The zero-order chi connectivity index (χ0) is 16.3. The summed E-state index contributed by atoms with van der Waals surface area (Å²) in [6.45, 7) is 3.66. The van der Waals surface area contributed by atoms with Crippen LogP contribution in [-0.4, -0.2) is 39.2 Å². The van der Waals surface area contributed by atoms with Crippen LogP contribution in [0.25, 0.3) is 0 Å². The minimum Gasteiger partial charge on any atom is -0.349 e. The van der Waals surface area contributed by atoms with Crippen molar-refractivity contribution in [3.63, 3.8) is 0 Å². The van der Waals surface area contributed by atoms with E-state index in [0.717, 1.165) is 31.6 Å². The highest BCUT2D eigenvalue weighted by Gasteiger charge is 2.27. The van der Waals surface area contributed by atoms with Gasteiger partial charge in [0.05, 0.1) is 4.90 Å². The highest BCUT2D eigenvalue weighted by molar-refractivity contribution is 7.91. The van der Waals surface area contributed by atoms with Crippen molar-refractivity contribution in [1.29, 1.82) is 0 Å². The van der Waals surface area contributed by atoms with Gasteiger partial charge in [0.15, 0.2) is 0 Å². The molecule has 9 heteroatoms. The molecule has 1 amide bonds. The first-order valence-corrected chi connectivity index (χ1v) is 8.50. The van der Waals surface area contributed by atoms with Crippen molar-refractivity contribution in [3.8, 4) is 0 Å². The van der Waals surface area contributed by atoms with Crippen molar-refractivity contribution in [2.45, 2.75) is 30.0 Å². The number of sulfone groups is 1. The van der Waals surface area contributed by atoms with E-state index in [2.05, 4.69) is 10.6 Å². The van der Waals surface area contributed by atoms with Gasteiger partial charge in [0.2, 0.25) is 9.84 Å². The lowest BCUT2D eigenvalue weighted by atomic mass is 9.95. The van der Waals surface area contributed by atoms with Gasteiger partial charge in [0.1, 0.15) is 0 Å². The smallest absolute Gasteiger partial charge is 0.341 e. The second-order valence-corrected chi connectivity index (χ2v) is 7.30. The molecule has 1 aromatic carbocycles. The van der Waals surface area contributed by atoms with E-state index >= 15 is 0 Å². The number of halogens is 3. The van der Waals surface area contributed by atoms with Gasteiger partial charge in [-0.05, 0) is 49.7 Å². The Morgan fingerprint density at radius 2 is 1.91 bits per heavy atom. The average Bonchev–Trinajstić information content (AvgIpc) is 2.49. The number of nitrogens with one attached hydrogen (secondary N) is 2. The third-order valence-electron chi connectivity index (χ3n) is 3.78. The Labute approximate surface area is 140 Å². The van der Waals surface area contributed by atoms with E-state index in [4.69, 9.17) is 0 Å². The highest BCUT2D eigenvalue weighted by Crippen LogP contribution is 2.19. The Morgan fingerprint density at radius 1 is 1.30 bits per heavy atom. The number of piperidine rings is 1. The van der Waals surface area contributed by atoms with Crippen LogP contribution >= 0.6 is 12.4 Å². The van der Waals surface area contributed by atoms with Crippen LogP contribution in [0, 0.1) is 5.92 Å². The van der Waals surface area contributed by atoms with E-state index in [9.17, 15) is 22.0 Å². The van der Waals surface area contributed by atoms with Gasteiger partial charge in [-0.15, -0.1) is 12.4 Å². The van der Waals surface area contributed by atoms with Gasteiger partial charge in [-0.2, -0.15) is 8.78 Å². The molecule has 5 nitrogen and oxygen atoms in total. The Morgan fingerprint density at radius 3 is 2.43 bits per heavy atom. The van der Waals surface area contributed by atoms with Crippen molar-refractivity contribution in [2.24, 2.45) is 5.92 Å². The van der Waals surface area contributed by atoms with Crippen molar-refractivity contribution >= 4 is 28.2 Å². The summed E-state index contributed by atoms with van der Waals surface area (Å²) in [5.41, 5.74) is 0.249. The third kappa shape index (κ3) is 4.62. The Kier molecular flexibility index (Phi) is 6.91. The molecule has 1 fully saturated rings. The molecule has 23 heavy (non-hydrogen) atoms. The molecule has 1 aliphatic heterocycles. The number of rotatable bonds is 4. The lowest BCUT2D eigenvalue weighted by Gasteiger charge is -2.30. The van der Waals surface area contributed by atoms with Crippen LogP contribution in [0.3, 0.4) is 0 Å². The SMILES string of the molecule is CC1CNCCC1NC(=O)c1ccc(S(=O)(=O)C(F)F)cc1.Cl. The predicted molar refractivity (Wildman–Crippen MR) is 84.8 cm³/mol. The van der Waals surface area contributed by atoms with Crippen LogP contribution in [0.2, 0.25) is 0 Å². The molecule has 2 unspecified atom stereocenters. The van der Waals surface area contributed by atoms with E-state index in [1.54, 1.807) is 0 Å². The monoisotopic (exact) mass is 368 g/mol. The maximum absolute atomic E-state index is 12.4. The fraction of sp³-hybridized carbons (Fsp3) is 0.500. The van der Waals surface area contributed by atoms with Crippen molar-refractivity contribution in [2.75, 3.05) is 13.1 Å². The van der Waals surface area contributed by atoms with Gasteiger partial charge < -0.3 is 10.6 Å². The lowest BCUT2D eigenvalue weighted by molar-refractivity contribution is 0.0914. The Hall–Kier alpha value is -1.25. The quantitative estimate of drug-likeness (QED) is 0.850. The summed E-state index contributed by atoms with van der Waals surface area (Å²) >= 11 is 0. The molecule has 0 radical (unpaired) electrons. The predicted octanol–water partition coefficient (Wildman–Crippen LogP) is 1.83. The first-order chi connectivity index (χ1) is 10.3.